The molecule has 6 heteroatoms. The third kappa shape index (κ3) is 3.28. The molecular weight excluding hydrogens is 318 g/mol. The normalized spacial score (nSPS) is 18.0. The Balaban J connectivity index is 1.79. The van der Waals surface area contributed by atoms with E-state index < -0.39 is 6.09 Å². The number of fused-ring (bicyclic) bond motifs is 4. The van der Waals surface area contributed by atoms with Gasteiger partial charge in [-0.25, -0.2) is 4.79 Å². The second-order valence-corrected chi connectivity index (χ2v) is 6.20. The number of benzene rings is 2. The Hall–Kier alpha value is -3.02. The van der Waals surface area contributed by atoms with Gasteiger partial charge in [-0.15, -0.1) is 0 Å². The summed E-state index contributed by atoms with van der Waals surface area (Å²) in [5, 5.41) is 11.3. The van der Waals surface area contributed by atoms with Gasteiger partial charge in [-0.2, -0.15) is 5.10 Å². The van der Waals surface area contributed by atoms with Crippen molar-refractivity contribution >= 4 is 17.0 Å². The minimum absolute atomic E-state index is 0.0284. The van der Waals surface area contributed by atoms with E-state index in [9.17, 15) is 4.79 Å². The first-order chi connectivity index (χ1) is 12.2. The van der Waals surface area contributed by atoms with Crippen LogP contribution in [0.2, 0.25) is 0 Å². The zero-order valence-electron chi connectivity index (χ0n) is 13.9. The Morgan fingerprint density at radius 1 is 1.20 bits per heavy atom. The molecule has 1 amide bonds. The Bertz CT molecular complexity index is 919. The van der Waals surface area contributed by atoms with Crippen LogP contribution in [0.25, 0.3) is 22.2 Å². The predicted molar refractivity (Wildman–Crippen MR) is 94.4 cm³/mol. The van der Waals surface area contributed by atoms with E-state index in [2.05, 4.69) is 15.5 Å². The lowest BCUT2D eigenvalue weighted by molar-refractivity contribution is 0.137. The molecule has 6 nitrogen and oxygen atoms in total. The second kappa shape index (κ2) is 6.47. The third-order valence-electron chi connectivity index (χ3n) is 4.26. The summed E-state index contributed by atoms with van der Waals surface area (Å²) in [5.74, 6) is 0.788. The van der Waals surface area contributed by atoms with E-state index in [4.69, 9.17) is 9.47 Å². The van der Waals surface area contributed by atoms with Gasteiger partial charge in [0.25, 0.3) is 0 Å². The molecule has 1 aliphatic rings. The van der Waals surface area contributed by atoms with Crippen LogP contribution in [0, 0.1) is 0 Å². The van der Waals surface area contributed by atoms with Gasteiger partial charge in [-0.3, -0.25) is 5.10 Å². The number of aromatic amines is 1. The van der Waals surface area contributed by atoms with Gasteiger partial charge >= 0.3 is 6.09 Å². The Morgan fingerprint density at radius 3 is 3.04 bits per heavy atom. The van der Waals surface area contributed by atoms with Crippen LogP contribution in [-0.2, 0) is 11.3 Å². The summed E-state index contributed by atoms with van der Waals surface area (Å²) in [6, 6.07) is 13.8. The van der Waals surface area contributed by atoms with Crippen LogP contribution in [-0.4, -0.2) is 28.9 Å². The Kier molecular flexibility index (Phi) is 4.01. The van der Waals surface area contributed by atoms with E-state index >= 15 is 0 Å². The lowest BCUT2D eigenvalue weighted by atomic mass is 10.1. The van der Waals surface area contributed by atoms with Crippen LogP contribution in [0.3, 0.4) is 0 Å². The van der Waals surface area contributed by atoms with Gasteiger partial charge in [-0.1, -0.05) is 18.2 Å². The van der Waals surface area contributed by atoms with E-state index in [0.29, 0.717) is 13.0 Å². The molecule has 2 aromatic carbocycles. The smallest absolute Gasteiger partial charge is 0.407 e. The second-order valence-electron chi connectivity index (χ2n) is 6.20. The molecule has 0 fully saturated rings. The number of carbonyl (C=O) groups is 1. The van der Waals surface area contributed by atoms with Gasteiger partial charge in [-0.05, 0) is 36.8 Å². The topological polar surface area (TPSA) is 76.2 Å². The van der Waals surface area contributed by atoms with Crippen molar-refractivity contribution in [1.82, 2.24) is 15.5 Å². The van der Waals surface area contributed by atoms with Crippen molar-refractivity contribution in [1.29, 1.82) is 0 Å². The van der Waals surface area contributed by atoms with Crippen LogP contribution >= 0.6 is 0 Å². The van der Waals surface area contributed by atoms with Crippen molar-refractivity contribution in [3.8, 4) is 17.0 Å². The van der Waals surface area contributed by atoms with Crippen LogP contribution in [0.15, 0.2) is 42.5 Å². The number of aromatic nitrogens is 2. The lowest BCUT2D eigenvalue weighted by Crippen LogP contribution is -2.28. The van der Waals surface area contributed by atoms with Gasteiger partial charge in [0.1, 0.15) is 18.1 Å². The molecular formula is C19H19N3O3. The number of amides is 1. The number of alkyl carbamates (subject to hydrolysis) is 1. The summed E-state index contributed by atoms with van der Waals surface area (Å²) in [6.07, 6.45) is 0.244. The van der Waals surface area contributed by atoms with E-state index in [0.717, 1.165) is 33.5 Å². The monoisotopic (exact) mass is 337 g/mol. The van der Waals surface area contributed by atoms with Crippen LogP contribution in [0.4, 0.5) is 4.79 Å². The maximum absolute atomic E-state index is 11.8. The third-order valence-corrected chi connectivity index (χ3v) is 4.26. The Morgan fingerprint density at radius 2 is 2.12 bits per heavy atom. The minimum Gasteiger partial charge on any atom is -0.491 e. The fourth-order valence-corrected chi connectivity index (χ4v) is 2.96. The first kappa shape index (κ1) is 15.5. The zero-order valence-corrected chi connectivity index (χ0v) is 13.9. The number of nitrogens with one attached hydrogen (secondary N) is 2. The fraction of sp³-hybridized carbons (Fsp3) is 0.263. The highest BCUT2D eigenvalue weighted by Crippen LogP contribution is 2.30. The van der Waals surface area contributed by atoms with Crippen molar-refractivity contribution < 1.29 is 14.3 Å². The summed E-state index contributed by atoms with van der Waals surface area (Å²) in [7, 11) is 0. The highest BCUT2D eigenvalue weighted by atomic mass is 16.5. The number of H-pyrrole nitrogens is 1. The van der Waals surface area contributed by atoms with Crippen LogP contribution in [0.1, 0.15) is 18.9 Å². The molecule has 1 atom stereocenters. The molecule has 1 unspecified atom stereocenters. The van der Waals surface area contributed by atoms with Gasteiger partial charge < -0.3 is 14.8 Å². The maximum atomic E-state index is 11.8. The summed E-state index contributed by atoms with van der Waals surface area (Å²) >= 11 is 0. The quantitative estimate of drug-likeness (QED) is 0.657. The van der Waals surface area contributed by atoms with Crippen molar-refractivity contribution in [3.63, 3.8) is 0 Å². The number of ether oxygens (including phenoxy) is 2. The first-order valence-electron chi connectivity index (χ1n) is 8.34. The molecule has 25 heavy (non-hydrogen) atoms. The maximum Gasteiger partial charge on any atom is 0.407 e. The number of nitrogens with zero attached hydrogens (tertiary/aromatic N) is 1. The summed E-state index contributed by atoms with van der Waals surface area (Å²) in [4.78, 5) is 11.8. The number of rotatable bonds is 0. The molecule has 4 rings (SSSR count). The molecule has 0 radical (unpaired) electrons. The van der Waals surface area contributed by atoms with Crippen molar-refractivity contribution in [3.05, 3.63) is 48.0 Å². The van der Waals surface area contributed by atoms with E-state index in [1.807, 2.05) is 49.4 Å². The SMILES string of the molecule is CC1CCNC(=O)OCc2cccc(c2)-c2n[nH]c3ccc(cc23)O1. The highest BCUT2D eigenvalue weighted by Gasteiger charge is 2.13. The number of hydrogen-bond donors (Lipinski definition) is 2. The van der Waals surface area contributed by atoms with Gasteiger partial charge in [0, 0.05) is 23.9 Å². The average Bonchev–Trinajstić information content (AvgIpc) is 3.03. The highest BCUT2D eigenvalue weighted by molar-refractivity contribution is 5.93. The Labute approximate surface area is 145 Å². The largest absolute Gasteiger partial charge is 0.491 e. The lowest BCUT2D eigenvalue weighted by Gasteiger charge is -2.15. The predicted octanol–water partition coefficient (Wildman–Crippen LogP) is 3.63. The molecule has 2 heterocycles. The number of hydrogen-bond acceptors (Lipinski definition) is 4. The van der Waals surface area contributed by atoms with E-state index in [1.165, 1.54) is 0 Å². The standard InChI is InChI=1S/C19H19N3O3/c1-12-7-8-20-19(23)24-11-13-3-2-4-14(9-13)18-16-10-15(25-12)5-6-17(16)21-22-18/h2-6,9-10,12H,7-8,11H2,1H3,(H,20,23)(H,21,22). The van der Waals surface area contributed by atoms with Crippen LogP contribution < -0.4 is 10.1 Å². The summed E-state index contributed by atoms with van der Waals surface area (Å²) in [6.45, 7) is 2.70. The molecule has 1 aromatic heterocycles. The number of cyclic esters (lactones) is 1. The summed E-state index contributed by atoms with van der Waals surface area (Å²) < 4.78 is 11.3. The average molecular weight is 337 g/mol. The van der Waals surface area contributed by atoms with E-state index in [-0.39, 0.29) is 12.7 Å². The van der Waals surface area contributed by atoms with Gasteiger partial charge in [0.15, 0.2) is 0 Å². The van der Waals surface area contributed by atoms with Crippen LogP contribution in [0.5, 0.6) is 5.75 Å². The van der Waals surface area contributed by atoms with Crippen molar-refractivity contribution in [2.24, 2.45) is 0 Å². The van der Waals surface area contributed by atoms with Crippen molar-refractivity contribution in [2.75, 3.05) is 6.54 Å². The minimum atomic E-state index is -0.421. The fourth-order valence-electron chi connectivity index (χ4n) is 2.96. The van der Waals surface area contributed by atoms with Gasteiger partial charge in [0.05, 0.1) is 11.6 Å². The molecule has 2 N–H and O–H groups in total. The first-order valence-corrected chi connectivity index (χ1v) is 8.34. The molecule has 0 saturated heterocycles. The molecule has 1 aliphatic heterocycles. The molecule has 4 bridgehead atoms. The summed E-state index contributed by atoms with van der Waals surface area (Å²) in [5.41, 5.74) is 3.69. The molecule has 128 valence electrons. The molecule has 0 aliphatic carbocycles. The van der Waals surface area contributed by atoms with E-state index in [1.54, 1.807) is 0 Å². The zero-order chi connectivity index (χ0) is 17.2. The number of carbonyl (C=O) groups excluding carboxylic acids is 1. The molecule has 0 saturated carbocycles. The molecule has 0 spiro atoms. The van der Waals surface area contributed by atoms with Crippen molar-refractivity contribution in [2.45, 2.75) is 26.1 Å². The molecule has 3 aromatic rings. The van der Waals surface area contributed by atoms with Gasteiger partial charge in [0.2, 0.25) is 0 Å².